The van der Waals surface area contributed by atoms with Crippen LogP contribution in [0.1, 0.15) is 24.1 Å². The van der Waals surface area contributed by atoms with Crippen molar-refractivity contribution >= 4 is 45.8 Å². The summed E-state index contributed by atoms with van der Waals surface area (Å²) in [5.41, 5.74) is 4.47. The molecule has 6 heteroatoms. The van der Waals surface area contributed by atoms with Gasteiger partial charge in [0.25, 0.3) is 0 Å². The second-order valence-electron chi connectivity index (χ2n) is 5.57. The van der Waals surface area contributed by atoms with Crippen molar-refractivity contribution in [1.29, 1.82) is 0 Å². The number of rotatable bonds is 9. The lowest BCUT2D eigenvalue weighted by atomic mass is 10.1. The van der Waals surface area contributed by atoms with E-state index in [0.29, 0.717) is 18.2 Å². The van der Waals surface area contributed by atoms with E-state index in [1.54, 1.807) is 0 Å². The summed E-state index contributed by atoms with van der Waals surface area (Å²) in [4.78, 5) is 16.2. The van der Waals surface area contributed by atoms with Crippen LogP contribution in [-0.4, -0.2) is 40.9 Å². The fourth-order valence-electron chi connectivity index (χ4n) is 2.82. The monoisotopic (exact) mass is 356 g/mol. The third-order valence-corrected chi connectivity index (χ3v) is 4.37. The number of hydrogen-bond acceptors (Lipinski definition) is 2. The first kappa shape index (κ1) is 18.0. The third-order valence-electron chi connectivity index (χ3n) is 4.04. The van der Waals surface area contributed by atoms with Crippen LogP contribution < -0.4 is 4.90 Å². The summed E-state index contributed by atoms with van der Waals surface area (Å²) in [5.74, 6) is 0.358. The molecule has 0 atom stereocenters. The number of nitrogens with one attached hydrogen (secondary N) is 1. The average Bonchev–Trinajstić information content (AvgIpc) is 2.83. The number of fused-ring (bicyclic) bond motifs is 1. The van der Waals surface area contributed by atoms with Crippen molar-refractivity contribution in [2.75, 3.05) is 29.7 Å². The normalized spacial score (nSPS) is 11.1. The van der Waals surface area contributed by atoms with Crippen LogP contribution in [0.4, 0.5) is 5.69 Å². The first-order valence-corrected chi connectivity index (χ1v) is 8.83. The molecule has 2 N–H and O–H groups in total. The minimum Gasteiger partial charge on any atom is -0.481 e. The van der Waals surface area contributed by atoms with E-state index < -0.39 is 5.97 Å². The van der Waals surface area contributed by atoms with E-state index in [1.807, 2.05) is 0 Å². The number of anilines is 1. The summed E-state index contributed by atoms with van der Waals surface area (Å²) in [6, 6.07) is 6.30. The largest absolute Gasteiger partial charge is 0.481 e. The molecule has 1 aromatic carbocycles. The lowest BCUT2D eigenvalue weighted by Crippen LogP contribution is -2.27. The number of hydrogen-bond donors (Lipinski definition) is 2. The van der Waals surface area contributed by atoms with E-state index in [-0.39, 0.29) is 6.42 Å². The first-order valence-electron chi connectivity index (χ1n) is 7.76. The molecule has 1 aromatic heterocycles. The third kappa shape index (κ3) is 4.55. The zero-order valence-electron chi connectivity index (χ0n) is 13.2. The van der Waals surface area contributed by atoms with Gasteiger partial charge in [0.15, 0.2) is 0 Å². The van der Waals surface area contributed by atoms with Gasteiger partial charge in [-0.2, -0.15) is 0 Å². The summed E-state index contributed by atoms with van der Waals surface area (Å²) < 4.78 is 0. The molecular formula is C17H22Cl2N2O2. The number of alkyl halides is 2. The number of carbonyl (C=O) groups is 1. The molecule has 0 amide bonds. The number of halogens is 2. The molecule has 0 aliphatic heterocycles. The number of nitrogens with zero attached hydrogens (tertiary/aromatic N) is 1. The van der Waals surface area contributed by atoms with E-state index in [1.165, 1.54) is 10.9 Å². The maximum atomic E-state index is 10.7. The van der Waals surface area contributed by atoms with Gasteiger partial charge in [0, 0.05) is 53.6 Å². The molecule has 4 nitrogen and oxygen atoms in total. The molecule has 0 radical (unpaired) electrons. The van der Waals surface area contributed by atoms with E-state index in [9.17, 15) is 4.79 Å². The lowest BCUT2D eigenvalue weighted by molar-refractivity contribution is -0.137. The van der Waals surface area contributed by atoms with Crippen LogP contribution in [0.25, 0.3) is 10.9 Å². The van der Waals surface area contributed by atoms with Crippen molar-refractivity contribution in [3.63, 3.8) is 0 Å². The predicted octanol–water partition coefficient (Wildman–Crippen LogP) is 4.17. The number of carboxylic acids is 1. The Kier molecular flexibility index (Phi) is 6.60. The minimum atomic E-state index is -0.751. The summed E-state index contributed by atoms with van der Waals surface area (Å²) in [6.07, 6.45) is 1.58. The Morgan fingerprint density at radius 2 is 1.96 bits per heavy atom. The van der Waals surface area contributed by atoms with E-state index in [0.717, 1.165) is 36.4 Å². The summed E-state index contributed by atoms with van der Waals surface area (Å²) in [7, 11) is 0. The molecule has 2 aromatic rings. The van der Waals surface area contributed by atoms with Crippen molar-refractivity contribution in [1.82, 2.24) is 4.98 Å². The average molecular weight is 357 g/mol. The van der Waals surface area contributed by atoms with Gasteiger partial charge in [0.1, 0.15) is 0 Å². The Balaban J connectivity index is 2.23. The van der Waals surface area contributed by atoms with Gasteiger partial charge < -0.3 is 15.0 Å². The molecule has 0 aliphatic carbocycles. The molecule has 0 saturated carbocycles. The molecule has 0 spiro atoms. The highest BCUT2D eigenvalue weighted by molar-refractivity contribution is 6.18. The SMILES string of the molecule is Cc1c(CCCC(=O)O)[nH]c2cc(N(CCCl)CCCl)ccc12. The molecule has 0 aliphatic rings. The summed E-state index contributed by atoms with van der Waals surface area (Å²) >= 11 is 11.7. The number of carboxylic acid groups (broad SMARTS) is 1. The van der Waals surface area contributed by atoms with Crippen molar-refractivity contribution in [2.24, 2.45) is 0 Å². The molecule has 126 valence electrons. The maximum absolute atomic E-state index is 10.7. The van der Waals surface area contributed by atoms with Crippen LogP contribution in [0.15, 0.2) is 18.2 Å². The summed E-state index contributed by atoms with van der Waals surface area (Å²) in [5, 5.41) is 9.94. The Morgan fingerprint density at radius 1 is 1.26 bits per heavy atom. The highest BCUT2D eigenvalue weighted by atomic mass is 35.5. The van der Waals surface area contributed by atoms with E-state index in [4.69, 9.17) is 28.3 Å². The molecular weight excluding hydrogens is 335 g/mol. The molecule has 23 heavy (non-hydrogen) atoms. The van der Waals surface area contributed by atoms with Crippen molar-refractivity contribution in [3.8, 4) is 0 Å². The van der Waals surface area contributed by atoms with Crippen molar-refractivity contribution < 1.29 is 9.90 Å². The van der Waals surface area contributed by atoms with Gasteiger partial charge in [-0.25, -0.2) is 0 Å². The van der Waals surface area contributed by atoms with Crippen LogP contribution in [0, 0.1) is 6.92 Å². The summed E-state index contributed by atoms with van der Waals surface area (Å²) in [6.45, 7) is 3.58. The zero-order valence-corrected chi connectivity index (χ0v) is 14.8. The second-order valence-corrected chi connectivity index (χ2v) is 6.33. The Bertz CT molecular complexity index is 664. The van der Waals surface area contributed by atoms with Crippen LogP contribution >= 0.6 is 23.2 Å². The molecule has 0 fully saturated rings. The van der Waals surface area contributed by atoms with Crippen LogP contribution in [0.5, 0.6) is 0 Å². The number of benzene rings is 1. The van der Waals surface area contributed by atoms with Crippen molar-refractivity contribution in [2.45, 2.75) is 26.2 Å². The number of aryl methyl sites for hydroxylation is 2. The van der Waals surface area contributed by atoms with Crippen LogP contribution in [0.3, 0.4) is 0 Å². The highest BCUT2D eigenvalue weighted by Crippen LogP contribution is 2.27. The smallest absolute Gasteiger partial charge is 0.303 e. The Morgan fingerprint density at radius 3 is 2.57 bits per heavy atom. The van der Waals surface area contributed by atoms with Gasteiger partial charge in [-0.15, -0.1) is 23.2 Å². The lowest BCUT2D eigenvalue weighted by Gasteiger charge is -2.22. The number of aliphatic carboxylic acids is 1. The van der Waals surface area contributed by atoms with E-state index >= 15 is 0 Å². The minimum absolute atomic E-state index is 0.194. The van der Waals surface area contributed by atoms with Gasteiger partial charge in [0.2, 0.25) is 0 Å². The molecule has 2 rings (SSSR count). The quantitative estimate of drug-likeness (QED) is 0.663. The number of aromatic nitrogens is 1. The topological polar surface area (TPSA) is 56.3 Å². The predicted molar refractivity (Wildman–Crippen MR) is 97.3 cm³/mol. The molecule has 1 heterocycles. The van der Waals surface area contributed by atoms with Gasteiger partial charge >= 0.3 is 5.97 Å². The van der Waals surface area contributed by atoms with Gasteiger partial charge in [-0.05, 0) is 37.5 Å². The van der Waals surface area contributed by atoms with Gasteiger partial charge in [-0.3, -0.25) is 4.79 Å². The Labute approximate surface area is 146 Å². The second kappa shape index (κ2) is 8.46. The standard InChI is InChI=1S/C17H22Cl2N2O2/c1-12-14-6-5-13(21(9-7-18)10-8-19)11-16(14)20-15(12)3-2-4-17(22)23/h5-6,11,20H,2-4,7-10H2,1H3,(H,22,23). The highest BCUT2D eigenvalue weighted by Gasteiger charge is 2.11. The maximum Gasteiger partial charge on any atom is 0.303 e. The van der Waals surface area contributed by atoms with Gasteiger partial charge in [0.05, 0.1) is 0 Å². The fourth-order valence-corrected chi connectivity index (χ4v) is 3.23. The fraction of sp³-hybridized carbons (Fsp3) is 0.471. The van der Waals surface area contributed by atoms with Crippen LogP contribution in [-0.2, 0) is 11.2 Å². The number of aromatic amines is 1. The molecule has 0 bridgehead atoms. The number of H-pyrrole nitrogens is 1. The Hall–Kier alpha value is -1.39. The first-order chi connectivity index (χ1) is 11.1. The van der Waals surface area contributed by atoms with Crippen molar-refractivity contribution in [3.05, 3.63) is 29.5 Å². The van der Waals surface area contributed by atoms with E-state index in [2.05, 4.69) is 35.0 Å². The molecule has 0 saturated heterocycles. The molecule has 0 unspecified atom stereocenters. The zero-order chi connectivity index (χ0) is 16.8. The van der Waals surface area contributed by atoms with Crippen LogP contribution in [0.2, 0.25) is 0 Å². The van der Waals surface area contributed by atoms with Gasteiger partial charge in [-0.1, -0.05) is 6.07 Å².